The Morgan fingerprint density at radius 1 is 0.928 bits per heavy atom. The number of anilines is 2. The minimum absolute atomic E-state index is 0.0666. The molecule has 0 aliphatic carbocycles. The summed E-state index contributed by atoms with van der Waals surface area (Å²) in [5.41, 5.74) is 7.28. The molecular weight excluding hydrogens is 895 g/mol. The van der Waals surface area contributed by atoms with Gasteiger partial charge in [-0.2, -0.15) is 0 Å². The number of hydrogen-bond donors (Lipinski definition) is 4. The summed E-state index contributed by atoms with van der Waals surface area (Å²) in [6, 6.07) is 19.5. The van der Waals surface area contributed by atoms with Crippen molar-refractivity contribution >= 4 is 34.7 Å². The van der Waals surface area contributed by atoms with E-state index in [0.717, 1.165) is 105 Å². The number of phenols is 1. The molecule has 18 heteroatoms. The first kappa shape index (κ1) is 47.0. The first-order valence-corrected chi connectivity index (χ1v) is 25.6. The second kappa shape index (κ2) is 20.4. The summed E-state index contributed by atoms with van der Waals surface area (Å²) in [5, 5.41) is 40.9. The Morgan fingerprint density at radius 2 is 1.70 bits per heavy atom. The molecule has 5 aliphatic rings. The molecule has 17 nitrogen and oxygen atoms in total. The Morgan fingerprint density at radius 3 is 2.46 bits per heavy atom. The molecule has 3 aromatic heterocycles. The van der Waals surface area contributed by atoms with Gasteiger partial charge >= 0.3 is 0 Å². The minimum atomic E-state index is -0.815. The number of piperidine rings is 1. The van der Waals surface area contributed by atoms with Crippen LogP contribution in [0.5, 0.6) is 11.6 Å². The van der Waals surface area contributed by atoms with Crippen LogP contribution in [0, 0.1) is 12.8 Å². The van der Waals surface area contributed by atoms with Crippen LogP contribution in [0.25, 0.3) is 21.7 Å². The molecular formula is C51H65N11O6S. The Bertz CT molecular complexity index is 2580. The lowest BCUT2D eigenvalue weighted by molar-refractivity contribution is -0.141. The van der Waals surface area contributed by atoms with E-state index >= 15 is 0 Å². The number of piperazine rings is 1. The monoisotopic (exact) mass is 959 g/mol. The molecule has 2 amide bonds. The maximum absolute atomic E-state index is 14.3. The number of aliphatic hydroxyl groups is 1. The minimum Gasteiger partial charge on any atom is -0.507 e. The van der Waals surface area contributed by atoms with Crippen molar-refractivity contribution in [3.05, 3.63) is 83.2 Å². The maximum atomic E-state index is 14.3. The predicted octanol–water partition coefficient (Wildman–Crippen LogP) is 5.38. The average Bonchev–Trinajstić information content (AvgIpc) is 4.20. The highest BCUT2D eigenvalue weighted by Gasteiger charge is 2.44. The third-order valence-corrected chi connectivity index (χ3v) is 16.1. The SMILES string of the molecule is Cc1ncsc1-c1ccc([C@H](C)NC(=O)[C@@H]2C[C@@H](O)CN2C(=O)[C@@H](c2cc(OCCN3CCC(N4CC[C@@H](N5CCN6c7cc(-c8ccccc8O)nnc7NC[C@@H]6C5)C4)CC3)no2)C(C)C)cc1. The van der Waals surface area contributed by atoms with Crippen LogP contribution in [0.2, 0.25) is 0 Å². The number of thiazole rings is 1. The molecule has 10 rings (SSSR count). The van der Waals surface area contributed by atoms with E-state index in [-0.39, 0.29) is 42.5 Å². The molecule has 4 fully saturated rings. The molecule has 6 atom stereocenters. The Balaban J connectivity index is 0.668. The number of β-amino-alcohol motifs (C(OH)–C–C–N with tert-alkyl or cyclic N) is 1. The van der Waals surface area contributed by atoms with E-state index < -0.39 is 18.1 Å². The summed E-state index contributed by atoms with van der Waals surface area (Å²) in [6.45, 7) is 17.1. The van der Waals surface area contributed by atoms with Crippen molar-refractivity contribution in [1.82, 2.24) is 45.3 Å². The van der Waals surface area contributed by atoms with E-state index in [2.05, 4.69) is 56.6 Å². The normalized spacial score (nSPS) is 23.4. The number of hydrogen-bond acceptors (Lipinski definition) is 16. The summed E-state index contributed by atoms with van der Waals surface area (Å²) in [7, 11) is 0. The van der Waals surface area contributed by atoms with Gasteiger partial charge in [-0.15, -0.1) is 21.5 Å². The summed E-state index contributed by atoms with van der Waals surface area (Å²) in [6.07, 6.45) is 2.79. The van der Waals surface area contributed by atoms with Gasteiger partial charge in [-0.05, 0) is 86.6 Å². The lowest BCUT2D eigenvalue weighted by Gasteiger charge is -2.47. The highest BCUT2D eigenvalue weighted by atomic mass is 32.1. The van der Waals surface area contributed by atoms with Gasteiger partial charge in [-0.1, -0.05) is 50.2 Å². The quantitative estimate of drug-likeness (QED) is 0.111. The lowest BCUT2D eigenvalue weighted by atomic mass is 9.91. The van der Waals surface area contributed by atoms with Crippen LogP contribution in [-0.4, -0.2) is 164 Å². The molecule has 4 N–H and O–H groups in total. The number of aromatic hydroxyl groups is 1. The number of carbonyl (C=O) groups excluding carboxylic acids is 2. The number of ether oxygens (including phenoxy) is 1. The number of nitrogens with zero attached hydrogens (tertiary/aromatic N) is 9. The number of aryl methyl sites for hydroxylation is 1. The van der Waals surface area contributed by atoms with Crippen LogP contribution in [0.4, 0.5) is 11.5 Å². The van der Waals surface area contributed by atoms with Crippen molar-refractivity contribution in [2.45, 2.75) is 95.6 Å². The number of fused-ring (bicyclic) bond motifs is 3. The smallest absolute Gasteiger partial charge is 0.254 e. The highest BCUT2D eigenvalue weighted by molar-refractivity contribution is 7.13. The van der Waals surface area contributed by atoms with E-state index in [4.69, 9.17) is 9.26 Å². The van der Waals surface area contributed by atoms with E-state index in [1.165, 1.54) is 11.3 Å². The first-order chi connectivity index (χ1) is 33.5. The fraction of sp³-hybridized carbons (Fsp3) is 0.529. The molecule has 8 heterocycles. The molecule has 0 bridgehead atoms. The number of aromatic nitrogens is 4. The van der Waals surface area contributed by atoms with Gasteiger partial charge < -0.3 is 39.9 Å². The molecule has 4 saturated heterocycles. The second-order valence-electron chi connectivity index (χ2n) is 19.9. The largest absolute Gasteiger partial charge is 0.507 e. The zero-order valence-corrected chi connectivity index (χ0v) is 40.9. The Kier molecular flexibility index (Phi) is 13.9. The van der Waals surface area contributed by atoms with Gasteiger partial charge in [0.05, 0.1) is 45.7 Å². The number of rotatable bonds is 14. The molecule has 0 saturated carbocycles. The lowest BCUT2D eigenvalue weighted by Crippen LogP contribution is -2.60. The van der Waals surface area contributed by atoms with E-state index in [0.29, 0.717) is 47.6 Å². The zero-order chi connectivity index (χ0) is 47.8. The van der Waals surface area contributed by atoms with Crippen LogP contribution in [0.3, 0.4) is 0 Å². The van der Waals surface area contributed by atoms with Crippen molar-refractivity contribution in [3.63, 3.8) is 0 Å². The number of phenolic OH excluding ortho intramolecular Hbond substituents is 1. The molecule has 5 aromatic rings. The molecule has 5 aliphatic heterocycles. The Labute approximate surface area is 407 Å². The van der Waals surface area contributed by atoms with Gasteiger partial charge in [0.15, 0.2) is 11.6 Å². The molecule has 0 unspecified atom stereocenters. The van der Waals surface area contributed by atoms with E-state index in [9.17, 15) is 19.8 Å². The fourth-order valence-electron chi connectivity index (χ4n) is 11.3. The van der Waals surface area contributed by atoms with Crippen molar-refractivity contribution < 1.29 is 29.1 Å². The maximum Gasteiger partial charge on any atom is 0.254 e. The van der Waals surface area contributed by atoms with Crippen LogP contribution < -0.4 is 20.3 Å². The van der Waals surface area contributed by atoms with E-state index in [1.54, 1.807) is 23.5 Å². The third kappa shape index (κ3) is 10.0. The van der Waals surface area contributed by atoms with Crippen LogP contribution in [0.1, 0.15) is 75.4 Å². The Hall–Kier alpha value is -5.66. The van der Waals surface area contributed by atoms with Gasteiger partial charge in [-0.25, -0.2) is 4.98 Å². The van der Waals surface area contributed by atoms with Crippen LogP contribution in [0.15, 0.2) is 70.7 Å². The van der Waals surface area contributed by atoms with Gasteiger partial charge in [0.1, 0.15) is 24.3 Å². The number of carbonyl (C=O) groups is 2. The number of nitrogens with one attached hydrogen (secondary N) is 2. The molecule has 0 radical (unpaired) electrons. The second-order valence-corrected chi connectivity index (χ2v) is 20.7. The van der Waals surface area contributed by atoms with Crippen molar-refractivity contribution in [1.29, 1.82) is 0 Å². The summed E-state index contributed by atoms with van der Waals surface area (Å²) in [5.74, 6) is 0.300. The van der Waals surface area contributed by atoms with Crippen molar-refractivity contribution in [2.24, 2.45) is 5.92 Å². The standard InChI is InChI=1S/C51H65N11O6S/c1-31(2)47(51(66)62-29-39(63)23-43(62)50(65)54-32(3)34-9-11-35(12-10-34)48-33(4)53-30-69-48)45-25-46(57-68-45)67-22-21-58-16-13-36(14-17-58)59-18-15-37(27-59)60-19-20-61-38(28-60)26-52-49-42(61)24-41(55-56-49)40-7-5-6-8-44(40)64/h5-12,24-25,30-32,36-39,43,47,63-64H,13-23,26-29H2,1-4H3,(H,52,56)(H,54,65)/t32-,37+,38+,39+,43-,47+/m0/s1. The van der Waals surface area contributed by atoms with E-state index in [1.807, 2.05) is 75.7 Å². The fourth-order valence-corrected chi connectivity index (χ4v) is 12.1. The number of likely N-dealkylation sites (tertiary alicyclic amines) is 3. The van der Waals surface area contributed by atoms with Gasteiger partial charge in [0.2, 0.25) is 11.8 Å². The number of amides is 2. The summed E-state index contributed by atoms with van der Waals surface area (Å²) >= 11 is 1.60. The number of para-hydroxylation sites is 1. The van der Waals surface area contributed by atoms with Crippen LogP contribution >= 0.6 is 11.3 Å². The van der Waals surface area contributed by atoms with Gasteiger partial charge in [-0.3, -0.25) is 24.3 Å². The number of aliphatic hydroxyl groups excluding tert-OH is 1. The van der Waals surface area contributed by atoms with Crippen molar-refractivity contribution in [2.75, 3.05) is 82.3 Å². The number of benzene rings is 2. The first-order valence-electron chi connectivity index (χ1n) is 24.7. The highest BCUT2D eigenvalue weighted by Crippen LogP contribution is 2.38. The predicted molar refractivity (Wildman–Crippen MR) is 264 cm³/mol. The molecule has 69 heavy (non-hydrogen) atoms. The summed E-state index contributed by atoms with van der Waals surface area (Å²) in [4.78, 5) is 45.3. The third-order valence-electron chi connectivity index (χ3n) is 15.1. The molecule has 2 aromatic carbocycles. The van der Waals surface area contributed by atoms with Gasteiger partial charge in [0.25, 0.3) is 5.88 Å². The zero-order valence-electron chi connectivity index (χ0n) is 40.0. The summed E-state index contributed by atoms with van der Waals surface area (Å²) < 4.78 is 11.9. The molecule has 366 valence electrons. The van der Waals surface area contributed by atoms with Gasteiger partial charge in [0, 0.05) is 82.5 Å². The molecule has 0 spiro atoms. The topological polar surface area (TPSA) is 189 Å². The van der Waals surface area contributed by atoms with Crippen molar-refractivity contribution in [3.8, 4) is 33.3 Å². The average molecular weight is 960 g/mol. The van der Waals surface area contributed by atoms with Crippen LogP contribution in [-0.2, 0) is 9.59 Å².